The molecule has 24 heavy (non-hydrogen) atoms. The summed E-state index contributed by atoms with van der Waals surface area (Å²) in [5.41, 5.74) is 1.30. The zero-order chi connectivity index (χ0) is 17.4. The number of nitrogens with one attached hydrogen (secondary N) is 1. The van der Waals surface area contributed by atoms with E-state index in [1.54, 1.807) is 24.4 Å². The average Bonchev–Trinajstić information content (AvgIpc) is 2.60. The number of aromatic nitrogens is 1. The van der Waals surface area contributed by atoms with Crippen molar-refractivity contribution < 1.29 is 18.7 Å². The fourth-order valence-electron chi connectivity index (χ4n) is 2.13. The molecule has 1 heterocycles. The summed E-state index contributed by atoms with van der Waals surface area (Å²) < 4.78 is 23.4. The first-order valence-corrected chi connectivity index (χ1v) is 7.41. The monoisotopic (exact) mass is 333 g/mol. The Kier molecular flexibility index (Phi) is 6.51. The van der Waals surface area contributed by atoms with E-state index in [-0.39, 0.29) is 11.8 Å². The lowest BCUT2D eigenvalue weighted by molar-refractivity contribution is 0.152. The molecule has 6 nitrogen and oxygen atoms in total. The van der Waals surface area contributed by atoms with Gasteiger partial charge in [-0.3, -0.25) is 4.98 Å². The van der Waals surface area contributed by atoms with Crippen LogP contribution in [0.5, 0.6) is 5.75 Å². The molecular formula is C17H20FN3O3. The van der Waals surface area contributed by atoms with Gasteiger partial charge in [0.1, 0.15) is 11.6 Å². The molecule has 0 bridgehead atoms. The quantitative estimate of drug-likeness (QED) is 0.846. The second-order valence-corrected chi connectivity index (χ2v) is 5.05. The van der Waals surface area contributed by atoms with Crippen LogP contribution < -0.4 is 10.1 Å². The van der Waals surface area contributed by atoms with Gasteiger partial charge in [0.25, 0.3) is 0 Å². The van der Waals surface area contributed by atoms with E-state index in [0.717, 1.165) is 5.56 Å². The van der Waals surface area contributed by atoms with E-state index in [9.17, 15) is 9.18 Å². The smallest absolute Gasteiger partial charge is 0.322 e. The van der Waals surface area contributed by atoms with Gasteiger partial charge in [-0.1, -0.05) is 6.07 Å². The number of rotatable bonds is 7. The molecule has 2 rings (SSSR count). The van der Waals surface area contributed by atoms with Crippen LogP contribution in [0.1, 0.15) is 5.56 Å². The van der Waals surface area contributed by atoms with E-state index in [4.69, 9.17) is 9.47 Å². The number of hydrogen-bond donors (Lipinski definition) is 1. The second kappa shape index (κ2) is 8.83. The number of pyridine rings is 1. The van der Waals surface area contributed by atoms with Crippen LogP contribution in [-0.4, -0.2) is 43.3 Å². The minimum absolute atomic E-state index is 0.261. The molecule has 0 saturated carbocycles. The molecule has 0 aliphatic heterocycles. The van der Waals surface area contributed by atoms with E-state index in [2.05, 4.69) is 10.3 Å². The minimum atomic E-state index is -0.434. The highest BCUT2D eigenvalue weighted by atomic mass is 19.1. The maximum atomic E-state index is 13.3. The first-order valence-electron chi connectivity index (χ1n) is 7.41. The van der Waals surface area contributed by atoms with Crippen molar-refractivity contribution in [2.45, 2.75) is 6.54 Å². The molecule has 0 unspecified atom stereocenters. The molecule has 128 valence electrons. The van der Waals surface area contributed by atoms with Gasteiger partial charge in [-0.05, 0) is 23.8 Å². The lowest BCUT2D eigenvalue weighted by atomic mass is 10.2. The van der Waals surface area contributed by atoms with Gasteiger partial charge in [-0.2, -0.15) is 0 Å². The van der Waals surface area contributed by atoms with Crippen LogP contribution >= 0.6 is 0 Å². The van der Waals surface area contributed by atoms with E-state index in [0.29, 0.717) is 25.4 Å². The highest BCUT2D eigenvalue weighted by Gasteiger charge is 2.16. The number of hydrogen-bond acceptors (Lipinski definition) is 4. The molecule has 0 atom stereocenters. The van der Waals surface area contributed by atoms with Crippen LogP contribution in [0.3, 0.4) is 0 Å². The molecule has 0 spiro atoms. The Balaban J connectivity index is 2.12. The minimum Gasteiger partial charge on any atom is -0.494 e. The van der Waals surface area contributed by atoms with E-state index in [1.807, 2.05) is 12.1 Å². The number of carbonyl (C=O) groups is 1. The molecular weight excluding hydrogens is 313 g/mol. The Morgan fingerprint density at radius 2 is 2.17 bits per heavy atom. The molecule has 1 aromatic carbocycles. The van der Waals surface area contributed by atoms with Crippen LogP contribution in [-0.2, 0) is 11.3 Å². The fourth-order valence-corrected chi connectivity index (χ4v) is 2.13. The Hall–Kier alpha value is -2.67. The van der Waals surface area contributed by atoms with Gasteiger partial charge < -0.3 is 19.7 Å². The number of methoxy groups -OCH3 is 2. The van der Waals surface area contributed by atoms with Gasteiger partial charge in [-0.25, -0.2) is 9.18 Å². The van der Waals surface area contributed by atoms with Crippen LogP contribution in [0.4, 0.5) is 14.9 Å². The summed E-state index contributed by atoms with van der Waals surface area (Å²) in [7, 11) is 2.99. The van der Waals surface area contributed by atoms with E-state index in [1.165, 1.54) is 25.3 Å². The average molecular weight is 333 g/mol. The standard InChI is InChI=1S/C17H20FN3O3/c1-23-9-8-21(12-13-4-3-7-19-11-13)17(22)20-15-6-5-14(18)10-16(15)24-2/h3-7,10-11H,8-9,12H2,1-2H3,(H,20,22). The van der Waals surface area contributed by atoms with Crippen LogP contribution in [0.2, 0.25) is 0 Å². The zero-order valence-corrected chi connectivity index (χ0v) is 13.7. The van der Waals surface area contributed by atoms with Crippen molar-refractivity contribution in [3.63, 3.8) is 0 Å². The second-order valence-electron chi connectivity index (χ2n) is 5.05. The van der Waals surface area contributed by atoms with Crippen molar-refractivity contribution >= 4 is 11.7 Å². The largest absolute Gasteiger partial charge is 0.494 e. The Morgan fingerprint density at radius 1 is 1.33 bits per heavy atom. The number of urea groups is 1. The lowest BCUT2D eigenvalue weighted by Gasteiger charge is -2.23. The molecule has 0 radical (unpaired) electrons. The first-order chi connectivity index (χ1) is 11.6. The normalized spacial score (nSPS) is 10.3. The van der Waals surface area contributed by atoms with Gasteiger partial charge in [-0.15, -0.1) is 0 Å². The van der Waals surface area contributed by atoms with Crippen molar-refractivity contribution in [3.8, 4) is 5.75 Å². The molecule has 2 aromatic rings. The van der Waals surface area contributed by atoms with Gasteiger partial charge >= 0.3 is 6.03 Å². The summed E-state index contributed by atoms with van der Waals surface area (Å²) in [6.45, 7) is 1.18. The van der Waals surface area contributed by atoms with Crippen molar-refractivity contribution in [3.05, 3.63) is 54.1 Å². The predicted octanol–water partition coefficient (Wildman–Crippen LogP) is 2.91. The third-order valence-corrected chi connectivity index (χ3v) is 3.35. The summed E-state index contributed by atoms with van der Waals surface area (Å²) in [6, 6.07) is 7.31. The molecule has 2 amide bonds. The molecule has 0 fully saturated rings. The number of nitrogens with zero attached hydrogens (tertiary/aromatic N) is 2. The number of carbonyl (C=O) groups excluding carboxylic acids is 1. The predicted molar refractivity (Wildman–Crippen MR) is 88.5 cm³/mol. The van der Waals surface area contributed by atoms with Crippen LogP contribution in [0.15, 0.2) is 42.7 Å². The molecule has 0 saturated heterocycles. The molecule has 0 aliphatic rings. The van der Waals surface area contributed by atoms with Crippen LogP contribution in [0, 0.1) is 5.82 Å². The van der Waals surface area contributed by atoms with E-state index < -0.39 is 5.82 Å². The number of halogens is 1. The Morgan fingerprint density at radius 3 is 2.83 bits per heavy atom. The van der Waals surface area contributed by atoms with Crippen molar-refractivity contribution in [1.82, 2.24) is 9.88 Å². The molecule has 1 aromatic heterocycles. The summed E-state index contributed by atoms with van der Waals surface area (Å²) in [4.78, 5) is 18.2. The number of amides is 2. The van der Waals surface area contributed by atoms with Crippen molar-refractivity contribution in [2.24, 2.45) is 0 Å². The highest BCUT2D eigenvalue weighted by Crippen LogP contribution is 2.25. The number of anilines is 1. The lowest BCUT2D eigenvalue weighted by Crippen LogP contribution is -2.37. The maximum Gasteiger partial charge on any atom is 0.322 e. The highest BCUT2D eigenvalue weighted by molar-refractivity contribution is 5.91. The number of ether oxygens (including phenoxy) is 2. The topological polar surface area (TPSA) is 63.7 Å². The van der Waals surface area contributed by atoms with Gasteiger partial charge in [0.2, 0.25) is 0 Å². The zero-order valence-electron chi connectivity index (χ0n) is 13.7. The summed E-state index contributed by atoms with van der Waals surface area (Å²) in [5, 5.41) is 2.74. The summed E-state index contributed by atoms with van der Waals surface area (Å²) in [5.74, 6) is -0.173. The maximum absolute atomic E-state index is 13.3. The summed E-state index contributed by atoms with van der Waals surface area (Å²) >= 11 is 0. The fraction of sp³-hybridized carbons (Fsp3) is 0.294. The molecule has 0 aliphatic carbocycles. The number of benzene rings is 1. The van der Waals surface area contributed by atoms with Gasteiger partial charge in [0, 0.05) is 38.7 Å². The molecule has 1 N–H and O–H groups in total. The summed E-state index contributed by atoms with van der Waals surface area (Å²) in [6.07, 6.45) is 3.37. The SMILES string of the molecule is COCCN(Cc1cccnc1)C(=O)Nc1ccc(F)cc1OC. The Labute approximate surface area is 140 Å². The molecule has 7 heteroatoms. The van der Waals surface area contributed by atoms with Gasteiger partial charge in [0.05, 0.1) is 19.4 Å². The van der Waals surface area contributed by atoms with Crippen LogP contribution in [0.25, 0.3) is 0 Å². The third-order valence-electron chi connectivity index (χ3n) is 3.35. The van der Waals surface area contributed by atoms with Gasteiger partial charge in [0.15, 0.2) is 0 Å². The third kappa shape index (κ3) is 4.92. The Bertz CT molecular complexity index is 667. The van der Waals surface area contributed by atoms with Crippen molar-refractivity contribution in [2.75, 3.05) is 32.7 Å². The van der Waals surface area contributed by atoms with E-state index >= 15 is 0 Å². The van der Waals surface area contributed by atoms with Crippen molar-refractivity contribution in [1.29, 1.82) is 0 Å². The first kappa shape index (κ1) is 17.7.